The van der Waals surface area contributed by atoms with Crippen LogP contribution in [0.25, 0.3) is 6.08 Å². The Balaban J connectivity index is 2.81. The van der Waals surface area contributed by atoms with Gasteiger partial charge in [-0.3, -0.25) is 0 Å². The summed E-state index contributed by atoms with van der Waals surface area (Å²) in [7, 11) is 1.63. The highest BCUT2D eigenvalue weighted by Crippen LogP contribution is 2.21. The molecule has 0 saturated carbocycles. The fourth-order valence-electron chi connectivity index (χ4n) is 1.09. The van der Waals surface area contributed by atoms with Crippen molar-refractivity contribution in [2.24, 2.45) is 0 Å². The Morgan fingerprint density at radius 1 is 1.43 bits per heavy atom. The molecule has 0 aliphatic carbocycles. The number of benzene rings is 1. The van der Waals surface area contributed by atoms with E-state index in [4.69, 9.17) is 16.3 Å². The van der Waals surface area contributed by atoms with E-state index in [0.717, 1.165) is 23.5 Å². The summed E-state index contributed by atoms with van der Waals surface area (Å²) >= 11 is 10.0. The number of hydrogen-bond acceptors (Lipinski definition) is 2. The number of rotatable bonds is 4. The predicted octanol–water partition coefficient (Wildman–Crippen LogP) is 3.68. The Morgan fingerprint density at radius 2 is 2.21 bits per heavy atom. The summed E-state index contributed by atoms with van der Waals surface area (Å²) in [6.07, 6.45) is 5.04. The molecular weight excluding hydrogens is 216 g/mol. The van der Waals surface area contributed by atoms with Crippen molar-refractivity contribution in [1.82, 2.24) is 0 Å². The summed E-state index contributed by atoms with van der Waals surface area (Å²) in [5.41, 5.74) is 1.05. The lowest BCUT2D eigenvalue weighted by Crippen LogP contribution is -1.83. The topological polar surface area (TPSA) is 9.23 Å². The normalized spacial score (nSPS) is 10.8. The molecule has 0 heterocycles. The van der Waals surface area contributed by atoms with Crippen molar-refractivity contribution in [3.05, 3.63) is 34.9 Å². The van der Waals surface area contributed by atoms with Gasteiger partial charge in [-0.15, -0.1) is 0 Å². The molecule has 0 radical (unpaired) electrons. The molecule has 14 heavy (non-hydrogen) atoms. The molecule has 0 spiro atoms. The second-order valence-electron chi connectivity index (χ2n) is 2.84. The zero-order valence-corrected chi connectivity index (χ0v) is 9.68. The Bertz CT molecular complexity index is 323. The first-order valence-electron chi connectivity index (χ1n) is 4.38. The average Bonchev–Trinajstić information content (AvgIpc) is 2.17. The second kappa shape index (κ2) is 5.99. The van der Waals surface area contributed by atoms with Gasteiger partial charge in [-0.25, -0.2) is 0 Å². The molecule has 0 aliphatic heterocycles. The maximum absolute atomic E-state index is 5.91. The smallest absolute Gasteiger partial charge is 0.120 e. The molecule has 0 fully saturated rings. The van der Waals surface area contributed by atoms with Crippen molar-refractivity contribution in [3.63, 3.8) is 0 Å². The number of thiol groups is 1. The largest absolute Gasteiger partial charge is 0.497 e. The van der Waals surface area contributed by atoms with Crippen molar-refractivity contribution in [2.45, 2.75) is 6.42 Å². The van der Waals surface area contributed by atoms with E-state index in [1.54, 1.807) is 13.2 Å². The lowest BCUT2D eigenvalue weighted by molar-refractivity contribution is 0.415. The van der Waals surface area contributed by atoms with Crippen molar-refractivity contribution in [2.75, 3.05) is 12.9 Å². The van der Waals surface area contributed by atoms with Gasteiger partial charge in [0.05, 0.1) is 7.11 Å². The van der Waals surface area contributed by atoms with E-state index < -0.39 is 0 Å². The van der Waals surface area contributed by atoms with Crippen LogP contribution in [0.15, 0.2) is 24.3 Å². The molecule has 0 bridgehead atoms. The van der Waals surface area contributed by atoms with Gasteiger partial charge >= 0.3 is 0 Å². The predicted molar refractivity (Wildman–Crippen MR) is 65.5 cm³/mol. The van der Waals surface area contributed by atoms with Crippen molar-refractivity contribution >= 4 is 30.3 Å². The van der Waals surface area contributed by atoms with Gasteiger partial charge in [0.25, 0.3) is 0 Å². The van der Waals surface area contributed by atoms with Crippen LogP contribution in [0.2, 0.25) is 5.02 Å². The molecule has 0 N–H and O–H groups in total. The van der Waals surface area contributed by atoms with Crippen LogP contribution in [0.5, 0.6) is 5.75 Å². The minimum Gasteiger partial charge on any atom is -0.497 e. The quantitative estimate of drug-likeness (QED) is 0.774. The first-order valence-corrected chi connectivity index (χ1v) is 5.39. The summed E-state index contributed by atoms with van der Waals surface area (Å²) in [6.45, 7) is 0. The highest BCUT2D eigenvalue weighted by Gasteiger charge is 1.96. The molecule has 0 atom stereocenters. The number of hydrogen-bond donors (Lipinski definition) is 1. The standard InChI is InChI=1S/C11H13ClOS/c1-13-11-7-9(4-2-3-5-14)6-10(12)8-11/h2,4,6-8,14H,3,5H2,1H3. The Kier molecular flexibility index (Phi) is 4.91. The SMILES string of the molecule is COc1cc(Cl)cc(C=CCCS)c1. The molecule has 0 saturated heterocycles. The molecular formula is C11H13ClOS. The minimum atomic E-state index is 0.690. The van der Waals surface area contributed by atoms with Crippen molar-refractivity contribution in [1.29, 1.82) is 0 Å². The van der Waals surface area contributed by atoms with E-state index in [1.165, 1.54) is 0 Å². The van der Waals surface area contributed by atoms with E-state index in [1.807, 2.05) is 18.2 Å². The number of ether oxygens (including phenoxy) is 1. The number of halogens is 1. The molecule has 0 aliphatic rings. The summed E-state index contributed by atoms with van der Waals surface area (Å²) in [5.74, 6) is 1.64. The zero-order chi connectivity index (χ0) is 10.4. The molecule has 0 unspecified atom stereocenters. The van der Waals surface area contributed by atoms with E-state index in [2.05, 4.69) is 18.7 Å². The molecule has 1 nitrogen and oxygen atoms in total. The number of allylic oxidation sites excluding steroid dienone is 1. The van der Waals surface area contributed by atoms with Crippen LogP contribution in [0.3, 0.4) is 0 Å². The van der Waals surface area contributed by atoms with Gasteiger partial charge in [-0.2, -0.15) is 12.6 Å². The monoisotopic (exact) mass is 228 g/mol. The van der Waals surface area contributed by atoms with Crippen LogP contribution >= 0.6 is 24.2 Å². The average molecular weight is 229 g/mol. The first-order chi connectivity index (χ1) is 6.76. The lowest BCUT2D eigenvalue weighted by atomic mass is 10.2. The molecule has 0 amide bonds. The minimum absolute atomic E-state index is 0.690. The van der Waals surface area contributed by atoms with Gasteiger partial charge in [0.1, 0.15) is 5.75 Å². The van der Waals surface area contributed by atoms with Gasteiger partial charge in [0.2, 0.25) is 0 Å². The second-order valence-corrected chi connectivity index (χ2v) is 3.72. The van der Waals surface area contributed by atoms with E-state index >= 15 is 0 Å². The third kappa shape index (κ3) is 3.64. The van der Waals surface area contributed by atoms with Crippen LogP contribution in [-0.4, -0.2) is 12.9 Å². The maximum Gasteiger partial charge on any atom is 0.120 e. The molecule has 3 heteroatoms. The Labute approximate surface area is 95.1 Å². The maximum atomic E-state index is 5.91. The third-order valence-corrected chi connectivity index (χ3v) is 2.21. The highest BCUT2D eigenvalue weighted by atomic mass is 35.5. The third-order valence-electron chi connectivity index (χ3n) is 1.74. The highest BCUT2D eigenvalue weighted by molar-refractivity contribution is 7.80. The summed E-state index contributed by atoms with van der Waals surface area (Å²) < 4.78 is 5.11. The fraction of sp³-hybridized carbons (Fsp3) is 0.273. The van der Waals surface area contributed by atoms with Gasteiger partial charge in [0, 0.05) is 5.02 Å². The van der Waals surface area contributed by atoms with Crippen LogP contribution in [0.1, 0.15) is 12.0 Å². The van der Waals surface area contributed by atoms with E-state index in [9.17, 15) is 0 Å². The molecule has 1 rings (SSSR count). The van der Waals surface area contributed by atoms with Gasteiger partial charge < -0.3 is 4.74 Å². The summed E-state index contributed by atoms with van der Waals surface area (Å²) in [6, 6.07) is 5.64. The number of methoxy groups -OCH3 is 1. The van der Waals surface area contributed by atoms with Crippen LogP contribution in [0.4, 0.5) is 0 Å². The van der Waals surface area contributed by atoms with Crippen molar-refractivity contribution < 1.29 is 4.74 Å². The van der Waals surface area contributed by atoms with Gasteiger partial charge in [-0.1, -0.05) is 23.8 Å². The molecule has 1 aromatic rings. The van der Waals surface area contributed by atoms with Crippen LogP contribution in [0, 0.1) is 0 Å². The first kappa shape index (κ1) is 11.5. The Morgan fingerprint density at radius 3 is 2.86 bits per heavy atom. The lowest BCUT2D eigenvalue weighted by Gasteiger charge is -2.02. The van der Waals surface area contributed by atoms with Crippen LogP contribution in [-0.2, 0) is 0 Å². The molecule has 0 aromatic heterocycles. The van der Waals surface area contributed by atoms with Crippen LogP contribution < -0.4 is 4.74 Å². The van der Waals surface area contributed by atoms with E-state index in [-0.39, 0.29) is 0 Å². The molecule has 1 aromatic carbocycles. The summed E-state index contributed by atoms with van der Waals surface area (Å²) in [4.78, 5) is 0. The molecule has 76 valence electrons. The van der Waals surface area contributed by atoms with E-state index in [0.29, 0.717) is 5.02 Å². The Hall–Kier alpha value is -0.600. The van der Waals surface area contributed by atoms with Crippen molar-refractivity contribution in [3.8, 4) is 5.75 Å². The summed E-state index contributed by atoms with van der Waals surface area (Å²) in [5, 5.41) is 0.690. The van der Waals surface area contributed by atoms with Gasteiger partial charge in [-0.05, 0) is 35.9 Å². The zero-order valence-electron chi connectivity index (χ0n) is 8.03. The fourth-order valence-corrected chi connectivity index (χ4v) is 1.48. The van der Waals surface area contributed by atoms with Gasteiger partial charge in [0.15, 0.2) is 0 Å².